The van der Waals surface area contributed by atoms with Crippen molar-refractivity contribution in [2.45, 2.75) is 0 Å². The number of hydrogen-bond donors (Lipinski definition) is 0. The van der Waals surface area contributed by atoms with Gasteiger partial charge in [-0.3, -0.25) is 0 Å². The van der Waals surface area contributed by atoms with Gasteiger partial charge in [-0.05, 0) is 0 Å². The van der Waals surface area contributed by atoms with Crippen LogP contribution < -0.4 is 0 Å². The first kappa shape index (κ1) is 226. The number of rotatable bonds is 0. The molecule has 0 amide bonds. The van der Waals surface area contributed by atoms with Crippen LogP contribution in [0.15, 0.2) is 0 Å². The summed E-state index contributed by atoms with van der Waals surface area (Å²) < 4.78 is 0. The molecule has 0 aromatic rings. The summed E-state index contributed by atoms with van der Waals surface area (Å²) in [5, 5.41) is 0. The fourth-order valence-electron chi connectivity index (χ4n) is 0. The van der Waals surface area contributed by atoms with Crippen molar-refractivity contribution in [1.29, 1.82) is 0 Å². The molecule has 0 saturated heterocycles. The van der Waals surface area contributed by atoms with Crippen LogP contribution in [0.4, 0.5) is 0 Å². The molecule has 0 unspecified atom stereocenters. The fraction of sp³-hybridized carbons (Fsp3) is 0. The van der Waals surface area contributed by atoms with Crippen molar-refractivity contribution < 1.29 is 68.3 Å². The molecule has 0 heterocycles. The van der Waals surface area contributed by atoms with Gasteiger partial charge < -0.3 is 153 Å². The molecule has 0 fully saturated rings. The van der Waals surface area contributed by atoms with Crippen molar-refractivity contribution in [1.82, 2.24) is 0 Å². The second kappa shape index (κ2) is 201. The van der Waals surface area contributed by atoms with E-state index in [4.69, 9.17) is 0 Å². The van der Waals surface area contributed by atoms with E-state index in [2.05, 4.69) is 0 Å². The van der Waals surface area contributed by atoms with Crippen LogP contribution in [0.3, 0.4) is 0 Å². The molecule has 0 nitrogen and oxygen atoms in total. The summed E-state index contributed by atoms with van der Waals surface area (Å²) in [7, 11) is 0. The zero-order valence-corrected chi connectivity index (χ0v) is 33.7. The quantitative estimate of drug-likeness (QED) is 0.222. The first-order valence-corrected chi connectivity index (χ1v) is 0. The molecule has 0 aliphatic rings. The second-order valence-electron chi connectivity index (χ2n) is 0. The third kappa shape index (κ3) is 178. The van der Waals surface area contributed by atoms with Crippen LogP contribution in [-0.2, 0) is 136 Å². The minimum absolute atomic E-state index is 0. The molecular weight excluding hydrogens is 1090 g/mol. The summed E-state index contributed by atoms with van der Waals surface area (Å²) in [6.45, 7) is 0. The minimum Gasteiger partial charge on any atom is -2.00 e. The average molecular weight is 1090 g/mol. The van der Waals surface area contributed by atoms with Crippen molar-refractivity contribution >= 4 is 232 Å². The van der Waals surface area contributed by atoms with Gasteiger partial charge in [0.1, 0.15) is 0 Å². The van der Waals surface area contributed by atoms with Crippen molar-refractivity contribution in [2.75, 3.05) is 0 Å². The van der Waals surface area contributed by atoms with Crippen LogP contribution in [0.25, 0.3) is 0 Å². The maximum absolute atomic E-state index is 0. The summed E-state index contributed by atoms with van der Waals surface area (Å²) in [5.74, 6) is 0. The first-order valence-electron chi connectivity index (χ1n) is 0. The van der Waals surface area contributed by atoms with Crippen LogP contribution in [-0.4, -0.2) is 165 Å². The van der Waals surface area contributed by atoms with Gasteiger partial charge in [-0.25, -0.2) is 0 Å². The van der Waals surface area contributed by atoms with Crippen LogP contribution in [0.1, 0.15) is 0 Å². The van der Waals surface area contributed by atoms with E-state index >= 15 is 0 Å². The Kier molecular flexibility index (Phi) is 2530. The smallest absolute Gasteiger partial charge is 2.00 e. The Labute approximate surface area is 293 Å². The fourth-order valence-corrected chi connectivity index (χ4v) is 0. The predicted octanol–water partition coefficient (Wildman–Crippen LogP) is -3.45. The molecule has 18 heteroatoms. The maximum atomic E-state index is 0. The molecule has 0 aliphatic heterocycles. The minimum atomic E-state index is 0. The van der Waals surface area contributed by atoms with Gasteiger partial charge in [0.15, 0.2) is 0 Å². The normalized spacial score (nSPS) is 0. The molecule has 0 aliphatic carbocycles. The summed E-state index contributed by atoms with van der Waals surface area (Å²) in [6, 6.07) is 0. The van der Waals surface area contributed by atoms with Crippen LogP contribution in [0, 0.1) is 0 Å². The summed E-state index contributed by atoms with van der Waals surface area (Å²) >= 11 is 0. The Morgan fingerprint density at radius 2 is 0.222 bits per heavy atom. The van der Waals surface area contributed by atoms with Crippen molar-refractivity contribution in [2.24, 2.45) is 0 Å². The van der Waals surface area contributed by atoms with E-state index in [1.807, 2.05) is 0 Å². The maximum Gasteiger partial charge on any atom is 3.00 e. The molecule has 116 valence electrons. The molecule has 18 heavy (non-hydrogen) atoms. The monoisotopic (exact) mass is 1090 g/mol. The van der Waals surface area contributed by atoms with Gasteiger partial charge in [0.05, 0.1) is 0 Å². The summed E-state index contributed by atoms with van der Waals surface area (Å²) in [4.78, 5) is 0. The Morgan fingerprint density at radius 3 is 0.222 bits per heavy atom. The van der Waals surface area contributed by atoms with Crippen LogP contribution >= 0.6 is 0 Å². The van der Waals surface area contributed by atoms with E-state index in [0.717, 1.165) is 0 Å². The largest absolute Gasteiger partial charge is 3.00 e. The van der Waals surface area contributed by atoms with Gasteiger partial charge in [0.25, 0.3) is 0 Å². The van der Waals surface area contributed by atoms with Gasteiger partial charge in [-0.2, -0.15) is 0 Å². The van der Waals surface area contributed by atoms with E-state index in [-0.39, 0.29) is 300 Å². The number of hydrogen-bond acceptors (Lipinski definition) is 0. The zero-order chi connectivity index (χ0) is 0. The van der Waals surface area contributed by atoms with Gasteiger partial charge in [0.2, 0.25) is 0 Å². The van der Waals surface area contributed by atoms with Crippen LogP contribution in [0.2, 0.25) is 0 Å². The molecule has 0 saturated carbocycles. The predicted molar refractivity (Wildman–Crippen MR) is 88.6 cm³/mol. The summed E-state index contributed by atoms with van der Waals surface area (Å²) in [5.41, 5.74) is 0. The molecule has 0 atom stereocenters. The standard InChI is InChI=1S/4Cu.4Ga.5S.5Se/q4*+2;4*+3;10*-2. The summed E-state index contributed by atoms with van der Waals surface area (Å²) in [6.07, 6.45) is 0. The molecule has 0 rings (SSSR count). The van der Waals surface area contributed by atoms with E-state index < -0.39 is 0 Å². The van der Waals surface area contributed by atoms with Gasteiger partial charge >= 0.3 is 147 Å². The Hall–Kier alpha value is 8.97. The Morgan fingerprint density at radius 1 is 0.222 bits per heavy atom. The van der Waals surface area contributed by atoms with Crippen LogP contribution in [0.5, 0.6) is 0 Å². The third-order valence-electron chi connectivity index (χ3n) is 0. The van der Waals surface area contributed by atoms with E-state index in [9.17, 15) is 0 Å². The SMILES string of the molecule is [Cu+2].[Cu+2].[Cu+2].[Cu+2].[Ga+3].[Ga+3].[Ga+3].[Ga+3].[S-2].[S-2].[S-2].[S-2].[S-2].[Se-2].[Se-2].[Se-2].[Se-2].[Se-2]. The molecule has 0 spiro atoms. The van der Waals surface area contributed by atoms with E-state index in [1.165, 1.54) is 0 Å². The molecule has 0 bridgehead atoms. The molecule has 4 radical (unpaired) electrons. The van der Waals surface area contributed by atoms with Gasteiger partial charge in [0, 0.05) is 0 Å². The van der Waals surface area contributed by atoms with E-state index in [1.54, 1.807) is 0 Å². The molecule has 0 aromatic carbocycles. The Bertz CT molecular complexity index is 35.8. The topological polar surface area (TPSA) is 0 Å². The van der Waals surface area contributed by atoms with Gasteiger partial charge in [-0.1, -0.05) is 0 Å². The second-order valence-corrected chi connectivity index (χ2v) is 0. The van der Waals surface area contributed by atoms with Gasteiger partial charge in [-0.15, -0.1) is 0 Å². The molecule has 0 aromatic heterocycles. The molecule has 0 N–H and O–H groups in total. The van der Waals surface area contributed by atoms with Crippen molar-refractivity contribution in [3.63, 3.8) is 0 Å². The average Bonchev–Trinajstić information content (AvgIpc) is 0. The zero-order valence-electron chi connectivity index (χ0n) is 7.60. The van der Waals surface area contributed by atoms with E-state index in [0.29, 0.717) is 0 Å². The van der Waals surface area contributed by atoms with Crippen molar-refractivity contribution in [3.8, 4) is 0 Å². The third-order valence-corrected chi connectivity index (χ3v) is 0. The molecular formula is Cu4Ga4S5Se5. The van der Waals surface area contributed by atoms with Crippen molar-refractivity contribution in [3.05, 3.63) is 0 Å². The Balaban J connectivity index is 0. The first-order chi connectivity index (χ1) is 0.